The van der Waals surface area contributed by atoms with Crippen LogP contribution in [0.4, 0.5) is 0 Å². The molecule has 4 aromatic rings. The number of hydrogen-bond donors (Lipinski definition) is 1. The van der Waals surface area contributed by atoms with E-state index in [9.17, 15) is 4.79 Å². The molecule has 6 nitrogen and oxygen atoms in total. The van der Waals surface area contributed by atoms with Gasteiger partial charge in [-0.3, -0.25) is 4.79 Å². The maximum absolute atomic E-state index is 12.6. The maximum Gasteiger partial charge on any atom is 0.271 e. The zero-order valence-corrected chi connectivity index (χ0v) is 22.4. The molecular formula is C27H20BrIN4O2. The molecule has 4 rings (SSSR count). The van der Waals surface area contributed by atoms with Crippen molar-refractivity contribution in [3.05, 3.63) is 104 Å². The van der Waals surface area contributed by atoms with E-state index in [1.54, 1.807) is 18.3 Å². The summed E-state index contributed by atoms with van der Waals surface area (Å²) >= 11 is 5.57. The Kier molecular flexibility index (Phi) is 8.00. The van der Waals surface area contributed by atoms with Crippen LogP contribution in [0.3, 0.4) is 0 Å². The minimum absolute atomic E-state index is 0.0334. The third-order valence-electron chi connectivity index (χ3n) is 5.21. The predicted molar refractivity (Wildman–Crippen MR) is 149 cm³/mol. The van der Waals surface area contributed by atoms with Crippen molar-refractivity contribution in [2.75, 3.05) is 6.61 Å². The summed E-state index contributed by atoms with van der Waals surface area (Å²) in [5.74, 6) is 0.296. The Bertz CT molecular complexity index is 1400. The van der Waals surface area contributed by atoms with Crippen LogP contribution in [0.2, 0.25) is 0 Å². The lowest BCUT2D eigenvalue weighted by Gasteiger charge is -2.12. The fraction of sp³-hybridized carbons (Fsp3) is 0.0741. The highest BCUT2D eigenvalue weighted by Crippen LogP contribution is 2.31. The SMILES string of the molecule is Cc1ccc(-c2ccccc2)n1-c1ccc(C(=O)N/N=C/c2cc(Br)c(OCC#N)c(I)c2)cc1. The van der Waals surface area contributed by atoms with Crippen molar-refractivity contribution in [2.24, 2.45) is 5.10 Å². The summed E-state index contributed by atoms with van der Waals surface area (Å²) < 4.78 is 9.11. The molecule has 0 aliphatic rings. The minimum atomic E-state index is -0.303. The topological polar surface area (TPSA) is 79.4 Å². The van der Waals surface area contributed by atoms with Gasteiger partial charge < -0.3 is 9.30 Å². The average Bonchev–Trinajstić information content (AvgIpc) is 3.25. The molecule has 0 radical (unpaired) electrons. The Labute approximate surface area is 225 Å². The van der Waals surface area contributed by atoms with Crippen LogP contribution in [0.1, 0.15) is 21.6 Å². The highest BCUT2D eigenvalue weighted by molar-refractivity contribution is 14.1. The molecule has 0 aliphatic carbocycles. The Balaban J connectivity index is 1.46. The molecule has 0 saturated carbocycles. The predicted octanol–water partition coefficient (Wildman–Crippen LogP) is 6.49. The monoisotopic (exact) mass is 638 g/mol. The Morgan fingerprint density at radius 2 is 1.89 bits per heavy atom. The fourth-order valence-corrected chi connectivity index (χ4v) is 5.37. The minimum Gasteiger partial charge on any atom is -0.476 e. The van der Waals surface area contributed by atoms with Crippen LogP contribution >= 0.6 is 38.5 Å². The first-order valence-corrected chi connectivity index (χ1v) is 12.5. The number of hydrazone groups is 1. The Morgan fingerprint density at radius 1 is 1.14 bits per heavy atom. The number of nitriles is 1. The number of rotatable bonds is 7. The summed E-state index contributed by atoms with van der Waals surface area (Å²) in [6.07, 6.45) is 1.56. The number of carbonyl (C=O) groups excluding carboxylic acids is 1. The standard InChI is InChI=1S/C27H20BrIN4O2/c1-18-7-12-25(20-5-3-2-4-6-20)33(18)22-10-8-21(9-11-22)27(34)32-31-17-19-15-23(28)26(24(29)16-19)35-14-13-30/h2-12,15-17H,14H2,1H3,(H,32,34)/b31-17+. The second-order valence-corrected chi connectivity index (χ2v) is 9.58. The number of halogens is 2. The van der Waals surface area contributed by atoms with Gasteiger partial charge >= 0.3 is 0 Å². The second-order valence-electron chi connectivity index (χ2n) is 7.57. The van der Waals surface area contributed by atoms with Crippen LogP contribution in [0.15, 0.2) is 88.4 Å². The highest BCUT2D eigenvalue weighted by Gasteiger charge is 2.11. The first-order valence-electron chi connectivity index (χ1n) is 10.6. The molecule has 1 aromatic heterocycles. The van der Waals surface area contributed by atoms with Crippen LogP contribution in [0.25, 0.3) is 16.9 Å². The number of nitrogens with one attached hydrogen (secondary N) is 1. The lowest BCUT2D eigenvalue weighted by molar-refractivity contribution is 0.0955. The van der Waals surface area contributed by atoms with Crippen molar-refractivity contribution in [2.45, 2.75) is 6.92 Å². The van der Waals surface area contributed by atoms with Crippen LogP contribution in [0.5, 0.6) is 5.75 Å². The van der Waals surface area contributed by atoms with E-state index >= 15 is 0 Å². The molecule has 1 heterocycles. The van der Waals surface area contributed by atoms with Gasteiger partial charge in [0.25, 0.3) is 5.91 Å². The average molecular weight is 639 g/mol. The third kappa shape index (κ3) is 5.81. The number of aryl methyl sites for hydroxylation is 1. The van der Waals surface area contributed by atoms with E-state index in [1.165, 1.54) is 0 Å². The molecule has 8 heteroatoms. The van der Waals surface area contributed by atoms with Gasteiger partial charge in [-0.05, 0) is 105 Å². The van der Waals surface area contributed by atoms with Gasteiger partial charge in [0.2, 0.25) is 0 Å². The number of hydrogen-bond acceptors (Lipinski definition) is 4. The second kappa shape index (κ2) is 11.3. The van der Waals surface area contributed by atoms with Crippen molar-refractivity contribution in [1.29, 1.82) is 5.26 Å². The van der Waals surface area contributed by atoms with E-state index < -0.39 is 0 Å². The molecule has 3 aromatic carbocycles. The number of ether oxygens (including phenoxy) is 1. The Hall–Kier alpha value is -3.42. The number of amides is 1. The van der Waals surface area contributed by atoms with E-state index in [0.29, 0.717) is 15.8 Å². The maximum atomic E-state index is 12.6. The highest BCUT2D eigenvalue weighted by atomic mass is 127. The first-order chi connectivity index (χ1) is 17.0. The zero-order valence-electron chi connectivity index (χ0n) is 18.7. The van der Waals surface area contributed by atoms with Gasteiger partial charge in [0, 0.05) is 16.9 Å². The molecule has 0 unspecified atom stereocenters. The molecule has 0 spiro atoms. The lowest BCUT2D eigenvalue weighted by Crippen LogP contribution is -2.17. The number of carbonyl (C=O) groups is 1. The summed E-state index contributed by atoms with van der Waals surface area (Å²) in [6, 6.07) is 27.4. The summed E-state index contributed by atoms with van der Waals surface area (Å²) in [5, 5.41) is 12.8. The molecule has 0 fully saturated rings. The van der Waals surface area contributed by atoms with Crippen molar-refractivity contribution in [3.63, 3.8) is 0 Å². The zero-order chi connectivity index (χ0) is 24.8. The van der Waals surface area contributed by atoms with Crippen LogP contribution in [0, 0.1) is 21.8 Å². The van der Waals surface area contributed by atoms with Gasteiger partial charge in [-0.2, -0.15) is 10.4 Å². The van der Waals surface area contributed by atoms with Crippen LogP contribution in [-0.2, 0) is 0 Å². The van der Waals surface area contributed by atoms with Crippen molar-refractivity contribution in [1.82, 2.24) is 9.99 Å². The molecule has 0 aliphatic heterocycles. The van der Waals surface area contributed by atoms with E-state index in [1.807, 2.05) is 48.5 Å². The summed E-state index contributed by atoms with van der Waals surface area (Å²) in [5.41, 5.74) is 8.16. The van der Waals surface area contributed by atoms with E-state index in [-0.39, 0.29) is 12.5 Å². The number of aromatic nitrogens is 1. The molecule has 1 amide bonds. The summed E-state index contributed by atoms with van der Waals surface area (Å²) in [7, 11) is 0. The molecular weight excluding hydrogens is 619 g/mol. The molecule has 0 bridgehead atoms. The number of nitrogens with zero attached hydrogens (tertiary/aromatic N) is 3. The van der Waals surface area contributed by atoms with E-state index in [0.717, 1.165) is 31.8 Å². The Morgan fingerprint density at radius 3 is 2.57 bits per heavy atom. The number of benzene rings is 3. The van der Waals surface area contributed by atoms with Crippen LogP contribution < -0.4 is 10.2 Å². The summed E-state index contributed by atoms with van der Waals surface area (Å²) in [4.78, 5) is 12.6. The normalized spacial score (nSPS) is 10.8. The van der Waals surface area contributed by atoms with Crippen LogP contribution in [-0.4, -0.2) is 23.3 Å². The van der Waals surface area contributed by atoms with Gasteiger partial charge in [-0.1, -0.05) is 30.3 Å². The quantitative estimate of drug-likeness (QED) is 0.143. The molecule has 0 saturated heterocycles. The van der Waals surface area contributed by atoms with Crippen molar-refractivity contribution < 1.29 is 9.53 Å². The van der Waals surface area contributed by atoms with Crippen molar-refractivity contribution in [3.8, 4) is 28.8 Å². The van der Waals surface area contributed by atoms with E-state index in [2.05, 4.69) is 84.8 Å². The van der Waals surface area contributed by atoms with Crippen molar-refractivity contribution >= 4 is 50.6 Å². The van der Waals surface area contributed by atoms with E-state index in [4.69, 9.17) is 10.00 Å². The molecule has 174 valence electrons. The van der Waals surface area contributed by atoms with Gasteiger partial charge in [0.05, 0.1) is 20.0 Å². The third-order valence-corrected chi connectivity index (χ3v) is 6.60. The first kappa shape index (κ1) is 24.7. The van der Waals surface area contributed by atoms with Gasteiger partial charge in [-0.25, -0.2) is 5.43 Å². The van der Waals surface area contributed by atoms with Gasteiger partial charge in [-0.15, -0.1) is 0 Å². The molecule has 35 heavy (non-hydrogen) atoms. The van der Waals surface area contributed by atoms with Gasteiger partial charge in [0.15, 0.2) is 6.61 Å². The fourth-order valence-electron chi connectivity index (χ4n) is 3.60. The lowest BCUT2D eigenvalue weighted by atomic mass is 10.1. The largest absolute Gasteiger partial charge is 0.476 e. The molecule has 0 atom stereocenters. The molecule has 1 N–H and O–H groups in total. The summed E-state index contributed by atoms with van der Waals surface area (Å²) in [6.45, 7) is 2.03. The smallest absolute Gasteiger partial charge is 0.271 e. The van der Waals surface area contributed by atoms with Gasteiger partial charge in [0.1, 0.15) is 11.8 Å².